The molecular weight excluding hydrogens is 388 g/mol. The highest BCUT2D eigenvalue weighted by molar-refractivity contribution is 5.77. The van der Waals surface area contributed by atoms with Crippen molar-refractivity contribution in [2.75, 3.05) is 26.2 Å². The number of hydrogen-bond donors (Lipinski definition) is 1. The molecule has 31 heavy (non-hydrogen) atoms. The lowest BCUT2D eigenvalue weighted by Crippen LogP contribution is -2.50. The minimum atomic E-state index is -0.0205. The molecule has 1 N–H and O–H groups in total. The fraction of sp³-hybridized carbons (Fsp3) is 0.440. The van der Waals surface area contributed by atoms with E-state index in [0.29, 0.717) is 26.2 Å². The van der Waals surface area contributed by atoms with Crippen LogP contribution in [0.15, 0.2) is 48.5 Å². The second kappa shape index (κ2) is 9.41. The van der Waals surface area contributed by atoms with Crippen molar-refractivity contribution in [3.8, 4) is 0 Å². The number of urea groups is 2. The first-order chi connectivity index (χ1) is 15.0. The van der Waals surface area contributed by atoms with E-state index in [9.17, 15) is 9.59 Å². The normalized spacial score (nSPS) is 17.4. The number of aryl methyl sites for hydroxylation is 2. The Morgan fingerprint density at radius 1 is 0.935 bits per heavy atom. The molecular formula is C25H32N4O2. The minimum Gasteiger partial charge on any atom is -0.334 e. The second-order valence-corrected chi connectivity index (χ2v) is 8.75. The molecule has 0 unspecified atom stereocenters. The Labute approximate surface area is 184 Å². The molecule has 0 bridgehead atoms. The van der Waals surface area contributed by atoms with Crippen molar-refractivity contribution in [1.82, 2.24) is 20.0 Å². The van der Waals surface area contributed by atoms with Crippen molar-refractivity contribution < 1.29 is 9.59 Å². The number of nitrogens with one attached hydrogen (secondary N) is 1. The molecule has 0 radical (unpaired) electrons. The van der Waals surface area contributed by atoms with Gasteiger partial charge in [-0.2, -0.15) is 0 Å². The quantitative estimate of drug-likeness (QED) is 0.797. The third-order valence-corrected chi connectivity index (χ3v) is 6.34. The minimum absolute atomic E-state index is 0.0205. The van der Waals surface area contributed by atoms with E-state index < -0.39 is 0 Å². The number of rotatable bonds is 5. The molecule has 0 atom stereocenters. The first-order valence-electron chi connectivity index (χ1n) is 11.2. The number of carbonyl (C=O) groups is 2. The summed E-state index contributed by atoms with van der Waals surface area (Å²) >= 11 is 0. The molecule has 0 aromatic heterocycles. The summed E-state index contributed by atoms with van der Waals surface area (Å²) < 4.78 is 0. The summed E-state index contributed by atoms with van der Waals surface area (Å²) in [6, 6.07) is 16.9. The maximum atomic E-state index is 13.0. The number of nitrogens with zero attached hydrogens (tertiary/aromatic N) is 3. The van der Waals surface area contributed by atoms with E-state index in [1.54, 1.807) is 0 Å². The van der Waals surface area contributed by atoms with Crippen LogP contribution in [0.25, 0.3) is 0 Å². The van der Waals surface area contributed by atoms with Crippen LogP contribution in [0.4, 0.5) is 9.59 Å². The Bertz CT molecular complexity index is 919. The molecule has 2 aliphatic rings. The lowest BCUT2D eigenvalue weighted by Gasteiger charge is -2.36. The molecule has 2 aliphatic heterocycles. The molecule has 6 heteroatoms. The van der Waals surface area contributed by atoms with Gasteiger partial charge < -0.3 is 20.0 Å². The van der Waals surface area contributed by atoms with Crippen molar-refractivity contribution in [2.24, 2.45) is 0 Å². The van der Waals surface area contributed by atoms with E-state index in [1.807, 2.05) is 32.9 Å². The highest BCUT2D eigenvalue weighted by Gasteiger charge is 2.35. The van der Waals surface area contributed by atoms with E-state index in [0.717, 1.165) is 31.5 Å². The lowest BCUT2D eigenvalue weighted by atomic mass is 10.0. The predicted octanol–water partition coefficient (Wildman–Crippen LogP) is 3.92. The molecule has 2 saturated heterocycles. The van der Waals surface area contributed by atoms with Gasteiger partial charge in [0.25, 0.3) is 0 Å². The van der Waals surface area contributed by atoms with E-state index in [-0.39, 0.29) is 18.1 Å². The van der Waals surface area contributed by atoms with Gasteiger partial charge in [-0.25, -0.2) is 9.59 Å². The molecule has 0 aliphatic carbocycles. The topological polar surface area (TPSA) is 55.9 Å². The van der Waals surface area contributed by atoms with Crippen LogP contribution in [0.1, 0.15) is 35.1 Å². The van der Waals surface area contributed by atoms with Crippen LogP contribution < -0.4 is 5.32 Å². The summed E-state index contributed by atoms with van der Waals surface area (Å²) in [6.45, 7) is 8.25. The van der Waals surface area contributed by atoms with Gasteiger partial charge in [0.15, 0.2) is 0 Å². The Hall–Kier alpha value is -3.02. The second-order valence-electron chi connectivity index (χ2n) is 8.75. The van der Waals surface area contributed by atoms with Gasteiger partial charge in [0, 0.05) is 45.3 Å². The van der Waals surface area contributed by atoms with Crippen LogP contribution >= 0.6 is 0 Å². The van der Waals surface area contributed by atoms with E-state index in [2.05, 4.69) is 49.5 Å². The summed E-state index contributed by atoms with van der Waals surface area (Å²) in [5, 5.41) is 3.02. The van der Waals surface area contributed by atoms with Crippen molar-refractivity contribution >= 4 is 12.1 Å². The standard InChI is InChI=1S/C25H32N4O2/c1-19-6-8-21(9-7-19)17-26-24(30)27-12-10-23(11-13-27)29-15-14-28(25(29)31)18-22-5-3-4-20(2)16-22/h3-9,16,23H,10-15,17-18H2,1-2H3,(H,26,30). The molecule has 2 aromatic rings. The number of hydrogen-bond acceptors (Lipinski definition) is 2. The molecule has 2 aromatic carbocycles. The van der Waals surface area contributed by atoms with Gasteiger partial charge in [-0.15, -0.1) is 0 Å². The molecule has 0 spiro atoms. The van der Waals surface area contributed by atoms with E-state index >= 15 is 0 Å². The monoisotopic (exact) mass is 420 g/mol. The predicted molar refractivity (Wildman–Crippen MR) is 122 cm³/mol. The molecule has 4 rings (SSSR count). The SMILES string of the molecule is Cc1ccc(CNC(=O)N2CCC(N3CCN(Cc4cccc(C)c4)C3=O)CC2)cc1. The van der Waals surface area contributed by atoms with Gasteiger partial charge in [0.05, 0.1) is 0 Å². The maximum Gasteiger partial charge on any atom is 0.320 e. The molecule has 2 fully saturated rings. The van der Waals surface area contributed by atoms with E-state index in [4.69, 9.17) is 0 Å². The summed E-state index contributed by atoms with van der Waals surface area (Å²) in [6.07, 6.45) is 1.67. The van der Waals surface area contributed by atoms with Crippen LogP contribution in [0, 0.1) is 13.8 Å². The van der Waals surface area contributed by atoms with Gasteiger partial charge in [-0.1, -0.05) is 59.7 Å². The third-order valence-electron chi connectivity index (χ3n) is 6.34. The van der Waals surface area contributed by atoms with Crippen LogP contribution in [-0.2, 0) is 13.1 Å². The number of benzene rings is 2. The Balaban J connectivity index is 1.24. The molecule has 4 amide bonds. The fourth-order valence-electron chi connectivity index (χ4n) is 4.49. The smallest absolute Gasteiger partial charge is 0.320 e. The van der Waals surface area contributed by atoms with Crippen molar-refractivity contribution in [3.63, 3.8) is 0 Å². The summed E-state index contributed by atoms with van der Waals surface area (Å²) in [7, 11) is 0. The zero-order chi connectivity index (χ0) is 21.8. The van der Waals surface area contributed by atoms with Gasteiger partial charge in [-0.3, -0.25) is 0 Å². The Kier molecular flexibility index (Phi) is 6.44. The third kappa shape index (κ3) is 5.19. The first-order valence-corrected chi connectivity index (χ1v) is 11.2. The zero-order valence-corrected chi connectivity index (χ0v) is 18.5. The molecule has 6 nitrogen and oxygen atoms in total. The number of likely N-dealkylation sites (tertiary alicyclic amines) is 1. The van der Waals surface area contributed by atoms with Crippen LogP contribution in [0.3, 0.4) is 0 Å². The number of carbonyl (C=O) groups excluding carboxylic acids is 2. The number of amides is 4. The average Bonchev–Trinajstić information content (AvgIpc) is 3.13. The summed E-state index contributed by atoms with van der Waals surface area (Å²) in [5.74, 6) is 0. The van der Waals surface area contributed by atoms with Crippen LogP contribution in [0.5, 0.6) is 0 Å². The van der Waals surface area contributed by atoms with Crippen molar-refractivity contribution in [3.05, 3.63) is 70.8 Å². The maximum absolute atomic E-state index is 13.0. The largest absolute Gasteiger partial charge is 0.334 e. The summed E-state index contributed by atoms with van der Waals surface area (Å²) in [4.78, 5) is 31.3. The summed E-state index contributed by atoms with van der Waals surface area (Å²) in [5.41, 5.74) is 4.71. The van der Waals surface area contributed by atoms with Crippen LogP contribution in [0.2, 0.25) is 0 Å². The first kappa shape index (κ1) is 21.2. The number of piperidine rings is 1. The fourth-order valence-corrected chi connectivity index (χ4v) is 4.49. The van der Waals surface area contributed by atoms with Crippen molar-refractivity contribution in [2.45, 2.75) is 45.8 Å². The zero-order valence-electron chi connectivity index (χ0n) is 18.5. The highest BCUT2D eigenvalue weighted by atomic mass is 16.2. The van der Waals surface area contributed by atoms with Gasteiger partial charge in [0.2, 0.25) is 0 Å². The van der Waals surface area contributed by atoms with Gasteiger partial charge in [-0.05, 0) is 37.8 Å². The highest BCUT2D eigenvalue weighted by Crippen LogP contribution is 2.23. The van der Waals surface area contributed by atoms with Crippen LogP contribution in [-0.4, -0.2) is 59.0 Å². The van der Waals surface area contributed by atoms with Crippen molar-refractivity contribution in [1.29, 1.82) is 0 Å². The Morgan fingerprint density at radius 3 is 2.39 bits per heavy atom. The van der Waals surface area contributed by atoms with Gasteiger partial charge in [0.1, 0.15) is 0 Å². The molecule has 164 valence electrons. The van der Waals surface area contributed by atoms with Gasteiger partial charge >= 0.3 is 12.1 Å². The molecule has 0 saturated carbocycles. The average molecular weight is 421 g/mol. The van der Waals surface area contributed by atoms with E-state index in [1.165, 1.54) is 16.7 Å². The molecule has 2 heterocycles. The Morgan fingerprint density at radius 2 is 1.68 bits per heavy atom. The lowest BCUT2D eigenvalue weighted by molar-refractivity contribution is 0.134.